The zero-order valence-electron chi connectivity index (χ0n) is 10.2. The third-order valence-electron chi connectivity index (χ3n) is 2.67. The largest absolute Gasteiger partial charge is 0.480 e. The highest BCUT2D eigenvalue weighted by atomic mass is 79.9. The van der Waals surface area contributed by atoms with Crippen LogP contribution in [-0.4, -0.2) is 36.0 Å². The summed E-state index contributed by atoms with van der Waals surface area (Å²) in [6.45, 7) is 2.45. The van der Waals surface area contributed by atoms with Gasteiger partial charge >= 0.3 is 6.03 Å². The molecule has 19 heavy (non-hydrogen) atoms. The first-order chi connectivity index (χ1) is 8.99. The minimum atomic E-state index is -0.749. The fourth-order valence-corrected chi connectivity index (χ4v) is 2.49. The fraction of sp³-hybridized carbons (Fsp3) is 0.333. The van der Waals surface area contributed by atoms with Crippen molar-refractivity contribution in [1.82, 2.24) is 10.2 Å². The first kappa shape index (κ1) is 14.1. The monoisotopic (exact) mass is 346 g/mol. The van der Waals surface area contributed by atoms with Crippen molar-refractivity contribution in [2.24, 2.45) is 0 Å². The number of carbonyl (C=O) groups is 2. The Morgan fingerprint density at radius 2 is 2.32 bits per heavy atom. The molecule has 1 aromatic rings. The summed E-state index contributed by atoms with van der Waals surface area (Å²) in [6, 6.07) is 4.63. The van der Waals surface area contributed by atoms with Gasteiger partial charge in [0.15, 0.2) is 6.10 Å². The van der Waals surface area contributed by atoms with E-state index in [1.165, 1.54) is 0 Å². The summed E-state index contributed by atoms with van der Waals surface area (Å²) in [7, 11) is 0. The van der Waals surface area contributed by atoms with Gasteiger partial charge in [-0.25, -0.2) is 4.79 Å². The van der Waals surface area contributed by atoms with Gasteiger partial charge in [-0.2, -0.15) is 0 Å². The number of imide groups is 1. The number of hydrogen-bond acceptors (Lipinski definition) is 3. The fourth-order valence-electron chi connectivity index (χ4n) is 1.71. The first-order valence-corrected chi connectivity index (χ1v) is 6.87. The van der Waals surface area contributed by atoms with Crippen molar-refractivity contribution < 1.29 is 14.3 Å². The van der Waals surface area contributed by atoms with Crippen molar-refractivity contribution in [1.29, 1.82) is 0 Å². The molecule has 1 aromatic carbocycles. The summed E-state index contributed by atoms with van der Waals surface area (Å²) in [5.41, 5.74) is 0. The first-order valence-electron chi connectivity index (χ1n) is 5.70. The zero-order valence-corrected chi connectivity index (χ0v) is 12.5. The minimum Gasteiger partial charge on any atom is -0.480 e. The van der Waals surface area contributed by atoms with Crippen LogP contribution < -0.4 is 10.1 Å². The molecule has 7 heteroatoms. The van der Waals surface area contributed by atoms with E-state index in [1.807, 2.05) is 0 Å². The van der Waals surface area contributed by atoms with Crippen LogP contribution in [0.2, 0.25) is 5.02 Å². The molecule has 1 unspecified atom stereocenters. The number of nitrogens with zero attached hydrogens (tertiary/aromatic N) is 1. The van der Waals surface area contributed by atoms with Crippen LogP contribution in [0.1, 0.15) is 6.92 Å². The molecule has 1 saturated heterocycles. The van der Waals surface area contributed by atoms with Crippen LogP contribution in [0.4, 0.5) is 4.79 Å². The maximum atomic E-state index is 12.0. The highest BCUT2D eigenvalue weighted by molar-refractivity contribution is 9.10. The van der Waals surface area contributed by atoms with Crippen LogP contribution >= 0.6 is 27.5 Å². The van der Waals surface area contributed by atoms with Gasteiger partial charge < -0.3 is 10.1 Å². The van der Waals surface area contributed by atoms with Gasteiger partial charge in [0, 0.05) is 18.1 Å². The van der Waals surface area contributed by atoms with E-state index >= 15 is 0 Å². The lowest BCUT2D eigenvalue weighted by Gasteiger charge is -2.19. The van der Waals surface area contributed by atoms with Crippen LogP contribution in [0, 0.1) is 0 Å². The quantitative estimate of drug-likeness (QED) is 0.913. The summed E-state index contributed by atoms with van der Waals surface area (Å²) in [5.74, 6) is 0.140. The smallest absolute Gasteiger partial charge is 0.324 e. The molecule has 2 rings (SSSR count). The van der Waals surface area contributed by atoms with Gasteiger partial charge in [0.25, 0.3) is 5.91 Å². The van der Waals surface area contributed by atoms with Crippen molar-refractivity contribution in [3.05, 3.63) is 27.7 Å². The molecule has 0 aliphatic carbocycles. The summed E-state index contributed by atoms with van der Waals surface area (Å²) in [5, 5.41) is 3.14. The molecule has 102 valence electrons. The number of urea groups is 1. The Balaban J connectivity index is 2.06. The van der Waals surface area contributed by atoms with Crippen LogP contribution in [0.25, 0.3) is 0 Å². The lowest BCUT2D eigenvalue weighted by molar-refractivity contribution is -0.134. The highest BCUT2D eigenvalue weighted by Gasteiger charge is 2.30. The Labute approximate surface area is 124 Å². The second kappa shape index (κ2) is 5.79. The van der Waals surface area contributed by atoms with E-state index in [0.717, 1.165) is 4.90 Å². The lowest BCUT2D eigenvalue weighted by Crippen LogP contribution is -2.42. The van der Waals surface area contributed by atoms with Gasteiger partial charge in [-0.05, 0) is 41.1 Å². The number of halogens is 2. The van der Waals surface area contributed by atoms with Crippen LogP contribution in [0.3, 0.4) is 0 Å². The molecule has 1 aliphatic heterocycles. The topological polar surface area (TPSA) is 58.6 Å². The predicted octanol–water partition coefficient (Wildman–Crippen LogP) is 2.42. The van der Waals surface area contributed by atoms with Crippen molar-refractivity contribution in [3.63, 3.8) is 0 Å². The van der Waals surface area contributed by atoms with Gasteiger partial charge in [-0.1, -0.05) is 11.6 Å². The van der Waals surface area contributed by atoms with E-state index in [2.05, 4.69) is 21.2 Å². The van der Waals surface area contributed by atoms with E-state index < -0.39 is 6.10 Å². The molecule has 0 radical (unpaired) electrons. The van der Waals surface area contributed by atoms with E-state index in [9.17, 15) is 9.59 Å². The van der Waals surface area contributed by atoms with Crippen molar-refractivity contribution >= 4 is 39.5 Å². The molecule has 5 nitrogen and oxygen atoms in total. The number of benzene rings is 1. The zero-order chi connectivity index (χ0) is 14.0. The van der Waals surface area contributed by atoms with Crippen molar-refractivity contribution in [2.75, 3.05) is 13.1 Å². The summed E-state index contributed by atoms with van der Waals surface area (Å²) in [4.78, 5) is 24.6. The minimum absolute atomic E-state index is 0.364. The number of nitrogens with one attached hydrogen (secondary N) is 1. The standard InChI is InChI=1S/C12H12BrClN2O3/c1-7(11(17)16-5-4-15-12(16)18)19-10-3-2-8(14)6-9(10)13/h2-3,6-7H,4-5H2,1H3,(H,15,18). The Hall–Kier alpha value is -1.27. The number of hydrogen-bond donors (Lipinski definition) is 1. The second-order valence-corrected chi connectivity index (χ2v) is 5.35. The molecule has 1 N–H and O–H groups in total. The van der Waals surface area contributed by atoms with E-state index in [0.29, 0.717) is 28.3 Å². The summed E-state index contributed by atoms with van der Waals surface area (Å²) >= 11 is 9.13. The third-order valence-corrected chi connectivity index (χ3v) is 3.52. The molecule has 1 fully saturated rings. The number of rotatable bonds is 3. The summed E-state index contributed by atoms with van der Waals surface area (Å²) in [6.07, 6.45) is -0.749. The molecule has 0 spiro atoms. The molecule has 0 bridgehead atoms. The normalized spacial score (nSPS) is 16.2. The van der Waals surface area contributed by atoms with Gasteiger partial charge in [-0.15, -0.1) is 0 Å². The predicted molar refractivity (Wildman–Crippen MR) is 74.4 cm³/mol. The van der Waals surface area contributed by atoms with E-state index in [4.69, 9.17) is 16.3 Å². The Morgan fingerprint density at radius 1 is 1.58 bits per heavy atom. The number of amides is 3. The average molecular weight is 348 g/mol. The van der Waals surface area contributed by atoms with E-state index in [-0.39, 0.29) is 11.9 Å². The highest BCUT2D eigenvalue weighted by Crippen LogP contribution is 2.29. The Kier molecular flexibility index (Phi) is 4.31. The van der Waals surface area contributed by atoms with Gasteiger partial charge in [-0.3, -0.25) is 9.69 Å². The Morgan fingerprint density at radius 3 is 2.89 bits per heavy atom. The van der Waals surface area contributed by atoms with Gasteiger partial charge in [0.1, 0.15) is 5.75 Å². The lowest BCUT2D eigenvalue weighted by atomic mass is 10.3. The molecule has 3 amide bonds. The third kappa shape index (κ3) is 3.19. The van der Waals surface area contributed by atoms with Gasteiger partial charge in [0.2, 0.25) is 0 Å². The number of ether oxygens (including phenoxy) is 1. The maximum absolute atomic E-state index is 12.0. The van der Waals surface area contributed by atoms with Crippen LogP contribution in [-0.2, 0) is 4.79 Å². The average Bonchev–Trinajstić information content (AvgIpc) is 2.78. The second-order valence-electron chi connectivity index (χ2n) is 4.06. The van der Waals surface area contributed by atoms with E-state index in [1.54, 1.807) is 25.1 Å². The van der Waals surface area contributed by atoms with Crippen LogP contribution in [0.15, 0.2) is 22.7 Å². The number of carbonyl (C=O) groups excluding carboxylic acids is 2. The Bertz CT molecular complexity index is 524. The van der Waals surface area contributed by atoms with Crippen molar-refractivity contribution in [3.8, 4) is 5.75 Å². The van der Waals surface area contributed by atoms with Crippen LogP contribution in [0.5, 0.6) is 5.75 Å². The van der Waals surface area contributed by atoms with Gasteiger partial charge in [0.05, 0.1) is 4.47 Å². The molecule has 0 aromatic heterocycles. The summed E-state index contributed by atoms with van der Waals surface area (Å²) < 4.78 is 6.20. The molecular weight excluding hydrogens is 336 g/mol. The molecule has 1 aliphatic rings. The van der Waals surface area contributed by atoms with Crippen molar-refractivity contribution in [2.45, 2.75) is 13.0 Å². The molecule has 1 heterocycles. The SMILES string of the molecule is CC(Oc1ccc(Cl)cc1Br)C(=O)N1CCNC1=O. The molecular formula is C12H12BrClN2O3. The molecule has 1 atom stereocenters. The molecule has 0 saturated carbocycles. The maximum Gasteiger partial charge on any atom is 0.324 e.